The van der Waals surface area contributed by atoms with E-state index in [9.17, 15) is 8.42 Å². The number of sulfonamides is 1. The van der Waals surface area contributed by atoms with Gasteiger partial charge in [-0.3, -0.25) is 0 Å². The van der Waals surface area contributed by atoms with E-state index in [-0.39, 0.29) is 6.04 Å². The summed E-state index contributed by atoms with van der Waals surface area (Å²) in [6.45, 7) is 1.14. The summed E-state index contributed by atoms with van der Waals surface area (Å²) in [4.78, 5) is 0. The average Bonchev–Trinajstić information content (AvgIpc) is 2.78. The molecule has 1 saturated heterocycles. The van der Waals surface area contributed by atoms with Gasteiger partial charge >= 0.3 is 0 Å². The van der Waals surface area contributed by atoms with E-state index < -0.39 is 10.0 Å². The molecule has 0 aromatic heterocycles. The highest BCUT2D eigenvalue weighted by Crippen LogP contribution is 2.28. The fraction of sp³-hybridized carbons (Fsp3) is 1.00. The second kappa shape index (κ2) is 5.67. The monoisotopic (exact) mass is 260 g/mol. The molecule has 2 N–H and O–H groups in total. The van der Waals surface area contributed by atoms with Crippen molar-refractivity contribution in [3.63, 3.8) is 0 Å². The second-order valence-electron chi connectivity index (χ2n) is 5.43. The normalized spacial score (nSPS) is 28.6. The third-order valence-corrected chi connectivity index (χ3v) is 6.21. The number of hydrogen-bond acceptors (Lipinski definition) is 3. The summed E-state index contributed by atoms with van der Waals surface area (Å²) >= 11 is 0. The van der Waals surface area contributed by atoms with Crippen LogP contribution in [0.25, 0.3) is 0 Å². The molecule has 4 nitrogen and oxygen atoms in total. The lowest BCUT2D eigenvalue weighted by Gasteiger charge is -2.27. The van der Waals surface area contributed by atoms with Crippen molar-refractivity contribution in [3.8, 4) is 0 Å². The number of nitrogens with zero attached hydrogens (tertiary/aromatic N) is 1. The van der Waals surface area contributed by atoms with Gasteiger partial charge in [-0.1, -0.05) is 19.3 Å². The summed E-state index contributed by atoms with van der Waals surface area (Å²) < 4.78 is 26.3. The van der Waals surface area contributed by atoms with Gasteiger partial charge in [0.15, 0.2) is 0 Å². The molecular formula is C12H24N2O2S. The first-order valence-electron chi connectivity index (χ1n) is 6.83. The third kappa shape index (κ3) is 3.20. The summed E-state index contributed by atoms with van der Waals surface area (Å²) in [6, 6.07) is 0.0589. The fourth-order valence-corrected chi connectivity index (χ4v) is 5.33. The van der Waals surface area contributed by atoms with Gasteiger partial charge in [-0.25, -0.2) is 8.42 Å². The smallest absolute Gasteiger partial charge is 0.214 e. The molecule has 17 heavy (non-hydrogen) atoms. The van der Waals surface area contributed by atoms with Gasteiger partial charge < -0.3 is 5.73 Å². The van der Waals surface area contributed by atoms with Crippen LogP contribution < -0.4 is 5.73 Å². The minimum Gasteiger partial charge on any atom is -0.329 e. The molecule has 0 amide bonds. The Balaban J connectivity index is 1.97. The molecule has 5 heteroatoms. The van der Waals surface area contributed by atoms with Gasteiger partial charge in [-0.15, -0.1) is 0 Å². The molecule has 0 radical (unpaired) electrons. The largest absolute Gasteiger partial charge is 0.329 e. The van der Waals surface area contributed by atoms with Gasteiger partial charge in [0.25, 0.3) is 0 Å². The topological polar surface area (TPSA) is 63.4 Å². The van der Waals surface area contributed by atoms with Crippen molar-refractivity contribution >= 4 is 10.0 Å². The molecule has 0 aromatic rings. The minimum atomic E-state index is -3.07. The Labute approximate surface area is 105 Å². The summed E-state index contributed by atoms with van der Waals surface area (Å²) in [5, 5.41) is 0. The lowest BCUT2D eigenvalue weighted by molar-refractivity contribution is 0.358. The molecule has 2 rings (SSSR count). The van der Waals surface area contributed by atoms with Crippen LogP contribution in [0.15, 0.2) is 0 Å². The molecule has 2 fully saturated rings. The number of hydrogen-bond donors (Lipinski definition) is 1. The van der Waals surface area contributed by atoms with Gasteiger partial charge in [-0.2, -0.15) is 4.31 Å². The molecule has 1 heterocycles. The minimum absolute atomic E-state index is 0.0589. The first-order chi connectivity index (χ1) is 8.13. The highest BCUT2D eigenvalue weighted by molar-refractivity contribution is 7.89. The van der Waals surface area contributed by atoms with Crippen molar-refractivity contribution in [1.82, 2.24) is 4.31 Å². The van der Waals surface area contributed by atoms with Crippen molar-refractivity contribution in [3.05, 3.63) is 0 Å². The van der Waals surface area contributed by atoms with E-state index in [1.165, 1.54) is 19.3 Å². The predicted molar refractivity (Wildman–Crippen MR) is 69.1 cm³/mol. The molecule has 2 aliphatic rings. The SMILES string of the molecule is NCC1CCCN1S(=O)(=O)CC1CCCCC1. The molecular weight excluding hydrogens is 236 g/mol. The van der Waals surface area contributed by atoms with E-state index in [2.05, 4.69) is 0 Å². The lowest BCUT2D eigenvalue weighted by Crippen LogP contribution is -2.42. The Morgan fingerprint density at radius 3 is 2.41 bits per heavy atom. The summed E-state index contributed by atoms with van der Waals surface area (Å²) in [5.74, 6) is 0.733. The number of rotatable bonds is 4. The number of nitrogens with two attached hydrogens (primary N) is 1. The van der Waals surface area contributed by atoms with Crippen molar-refractivity contribution in [2.75, 3.05) is 18.8 Å². The molecule has 1 aliphatic heterocycles. The Morgan fingerprint density at radius 1 is 1.06 bits per heavy atom. The van der Waals surface area contributed by atoms with Crippen molar-refractivity contribution in [1.29, 1.82) is 0 Å². The van der Waals surface area contributed by atoms with Crippen LogP contribution in [-0.4, -0.2) is 37.6 Å². The van der Waals surface area contributed by atoms with Crippen LogP contribution in [0.5, 0.6) is 0 Å². The molecule has 1 unspecified atom stereocenters. The van der Waals surface area contributed by atoms with E-state index in [1.54, 1.807) is 4.31 Å². The average molecular weight is 260 g/mol. The van der Waals surface area contributed by atoms with Gasteiger partial charge in [0.05, 0.1) is 5.75 Å². The predicted octanol–water partition coefficient (Wildman–Crippen LogP) is 1.32. The zero-order chi connectivity index (χ0) is 12.3. The summed E-state index contributed by atoms with van der Waals surface area (Å²) in [5.41, 5.74) is 5.65. The van der Waals surface area contributed by atoms with Crippen LogP contribution in [0.3, 0.4) is 0 Å². The fourth-order valence-electron chi connectivity index (χ4n) is 3.16. The van der Waals surface area contributed by atoms with Gasteiger partial charge in [0.1, 0.15) is 0 Å². The van der Waals surface area contributed by atoms with E-state index in [0.717, 1.165) is 25.7 Å². The highest BCUT2D eigenvalue weighted by Gasteiger charge is 2.34. The van der Waals surface area contributed by atoms with Crippen LogP contribution in [0.1, 0.15) is 44.9 Å². The zero-order valence-corrected chi connectivity index (χ0v) is 11.3. The molecule has 1 aliphatic carbocycles. The van der Waals surface area contributed by atoms with Gasteiger partial charge in [0, 0.05) is 19.1 Å². The van der Waals surface area contributed by atoms with E-state index in [0.29, 0.717) is 24.8 Å². The first kappa shape index (κ1) is 13.3. The quantitative estimate of drug-likeness (QED) is 0.829. The summed E-state index contributed by atoms with van der Waals surface area (Å²) in [6.07, 6.45) is 7.72. The van der Waals surface area contributed by atoms with Crippen molar-refractivity contribution in [2.24, 2.45) is 11.7 Å². The van der Waals surface area contributed by atoms with Gasteiger partial charge in [0.2, 0.25) is 10.0 Å². The zero-order valence-electron chi connectivity index (χ0n) is 10.5. The van der Waals surface area contributed by atoms with Crippen LogP contribution in [0.2, 0.25) is 0 Å². The van der Waals surface area contributed by atoms with Crippen LogP contribution in [-0.2, 0) is 10.0 Å². The molecule has 100 valence electrons. The molecule has 1 atom stereocenters. The van der Waals surface area contributed by atoms with E-state index >= 15 is 0 Å². The maximum atomic E-state index is 12.3. The highest BCUT2D eigenvalue weighted by atomic mass is 32.2. The second-order valence-corrected chi connectivity index (χ2v) is 7.39. The van der Waals surface area contributed by atoms with E-state index in [1.807, 2.05) is 0 Å². The van der Waals surface area contributed by atoms with Crippen LogP contribution >= 0.6 is 0 Å². The Morgan fingerprint density at radius 2 is 1.76 bits per heavy atom. The molecule has 1 saturated carbocycles. The van der Waals surface area contributed by atoms with Crippen molar-refractivity contribution in [2.45, 2.75) is 51.0 Å². The van der Waals surface area contributed by atoms with Gasteiger partial charge in [-0.05, 0) is 31.6 Å². The Bertz CT molecular complexity index is 336. The van der Waals surface area contributed by atoms with Crippen LogP contribution in [0.4, 0.5) is 0 Å². The van der Waals surface area contributed by atoms with E-state index in [4.69, 9.17) is 5.73 Å². The Hall–Kier alpha value is -0.130. The molecule has 0 aromatic carbocycles. The molecule has 0 spiro atoms. The third-order valence-electron chi connectivity index (χ3n) is 4.12. The lowest BCUT2D eigenvalue weighted by atomic mass is 9.91. The molecule has 0 bridgehead atoms. The maximum absolute atomic E-state index is 12.3. The maximum Gasteiger partial charge on any atom is 0.214 e. The Kier molecular flexibility index (Phi) is 4.44. The van der Waals surface area contributed by atoms with Crippen molar-refractivity contribution < 1.29 is 8.42 Å². The first-order valence-corrected chi connectivity index (χ1v) is 8.44. The van der Waals surface area contributed by atoms with Crippen LogP contribution in [0, 0.1) is 5.92 Å². The standard InChI is InChI=1S/C12H24N2O2S/c13-9-12-7-4-8-14(12)17(15,16)10-11-5-2-1-3-6-11/h11-12H,1-10,13H2. The summed E-state index contributed by atoms with van der Waals surface area (Å²) in [7, 11) is -3.07.